The molecule has 3 nitrogen and oxygen atoms in total. The Bertz CT molecular complexity index is 2860. The number of rotatable bonds is 10. The lowest BCUT2D eigenvalue weighted by Crippen LogP contribution is -1.97. The molecule has 2 aromatic heterocycles. The quantitative estimate of drug-likeness (QED) is 0.131. The van der Waals surface area contributed by atoms with Gasteiger partial charge in [-0.2, -0.15) is 0 Å². The molecule has 0 amide bonds. The van der Waals surface area contributed by atoms with Gasteiger partial charge in [0, 0.05) is 29.1 Å². The number of aromatic nitrogens is 3. The molecule has 0 bridgehead atoms. The van der Waals surface area contributed by atoms with Crippen LogP contribution in [0.3, 0.4) is 0 Å². The zero-order chi connectivity index (χ0) is 39.3. The van der Waals surface area contributed by atoms with Gasteiger partial charge in [0.15, 0.2) is 5.82 Å². The molecule has 1 aliphatic carbocycles. The van der Waals surface area contributed by atoms with E-state index in [2.05, 4.69) is 182 Å². The van der Waals surface area contributed by atoms with Crippen molar-refractivity contribution in [1.82, 2.24) is 15.0 Å². The van der Waals surface area contributed by atoms with E-state index in [1.54, 1.807) is 0 Å². The Labute approximate surface area is 341 Å². The van der Waals surface area contributed by atoms with Crippen LogP contribution in [0.2, 0.25) is 0 Å². The van der Waals surface area contributed by atoms with Crippen LogP contribution in [0.1, 0.15) is 40.3 Å². The fraction of sp³-hybridized carbons (Fsp3) is 0.0727. The summed E-state index contributed by atoms with van der Waals surface area (Å²) in [6, 6.07) is 50.1. The first-order valence-corrected chi connectivity index (χ1v) is 20.0. The summed E-state index contributed by atoms with van der Waals surface area (Å²) in [5.41, 5.74) is 17.1. The summed E-state index contributed by atoms with van der Waals surface area (Å²) in [5, 5.41) is 2.56. The number of benzene rings is 6. The van der Waals surface area contributed by atoms with Crippen molar-refractivity contribution in [3.63, 3.8) is 0 Å². The van der Waals surface area contributed by atoms with Gasteiger partial charge in [0.2, 0.25) is 0 Å². The van der Waals surface area contributed by atoms with Crippen LogP contribution >= 0.6 is 0 Å². The normalized spacial score (nSPS) is 12.2. The van der Waals surface area contributed by atoms with Crippen molar-refractivity contribution in [2.75, 3.05) is 0 Å². The highest BCUT2D eigenvalue weighted by Gasteiger charge is 2.16. The third kappa shape index (κ3) is 7.63. The predicted molar refractivity (Wildman–Crippen MR) is 244 cm³/mol. The fourth-order valence-electron chi connectivity index (χ4n) is 7.99. The predicted octanol–water partition coefficient (Wildman–Crippen LogP) is 13.8. The Morgan fingerprint density at radius 1 is 0.638 bits per heavy atom. The van der Waals surface area contributed by atoms with Gasteiger partial charge in [0.05, 0.1) is 11.4 Å². The molecule has 1 aliphatic rings. The van der Waals surface area contributed by atoms with E-state index < -0.39 is 0 Å². The highest BCUT2D eigenvalue weighted by atomic mass is 14.9. The average Bonchev–Trinajstić information content (AvgIpc) is 3.55. The van der Waals surface area contributed by atoms with Crippen LogP contribution in [0.4, 0.5) is 0 Å². The fourth-order valence-corrected chi connectivity index (χ4v) is 7.99. The summed E-state index contributed by atoms with van der Waals surface area (Å²) in [6.07, 6.45) is 21.2. The second-order valence-electron chi connectivity index (χ2n) is 14.7. The van der Waals surface area contributed by atoms with Crippen molar-refractivity contribution in [3.05, 3.63) is 222 Å². The summed E-state index contributed by atoms with van der Waals surface area (Å²) in [4.78, 5) is 14.8. The lowest BCUT2D eigenvalue weighted by atomic mass is 9.89. The van der Waals surface area contributed by atoms with E-state index in [1.807, 2.05) is 30.6 Å². The molecule has 9 rings (SSSR count). The van der Waals surface area contributed by atoms with E-state index in [1.165, 1.54) is 55.3 Å². The monoisotopic (exact) mass is 745 g/mol. The molecule has 0 spiro atoms. The van der Waals surface area contributed by atoms with Gasteiger partial charge in [-0.1, -0.05) is 165 Å². The van der Waals surface area contributed by atoms with E-state index in [4.69, 9.17) is 9.97 Å². The van der Waals surface area contributed by atoms with Crippen molar-refractivity contribution in [3.8, 4) is 56.2 Å². The Kier molecular flexibility index (Phi) is 10.3. The summed E-state index contributed by atoms with van der Waals surface area (Å²) >= 11 is 0. The first kappa shape index (κ1) is 36.4. The van der Waals surface area contributed by atoms with Crippen LogP contribution in [0, 0.1) is 0 Å². The average molecular weight is 746 g/mol. The topological polar surface area (TPSA) is 38.7 Å². The highest BCUT2D eigenvalue weighted by molar-refractivity contribution is 5.96. The molecule has 58 heavy (non-hydrogen) atoms. The van der Waals surface area contributed by atoms with E-state index >= 15 is 0 Å². The number of nitrogens with zero attached hydrogens (tertiary/aromatic N) is 3. The minimum absolute atomic E-state index is 0.689. The van der Waals surface area contributed by atoms with Crippen LogP contribution in [0.25, 0.3) is 79.1 Å². The van der Waals surface area contributed by atoms with E-state index in [9.17, 15) is 0 Å². The molecule has 3 heteroatoms. The van der Waals surface area contributed by atoms with E-state index in [-0.39, 0.29) is 0 Å². The molecule has 0 fully saturated rings. The number of pyridine rings is 1. The molecule has 0 unspecified atom stereocenters. The molecular weight excluding hydrogens is 703 g/mol. The van der Waals surface area contributed by atoms with Crippen LogP contribution in [-0.4, -0.2) is 15.0 Å². The number of allylic oxidation sites excluding steroid dienone is 5. The van der Waals surface area contributed by atoms with Crippen LogP contribution in [0.5, 0.6) is 0 Å². The standard InChI is InChI=1S/C55H43N3/c1-3-5-14-44-33-46(30-25-40(44)4-2)45-16-11-17-48(34-45)54-36-53(42-23-21-38(22-24-42)32-39-13-12-31-56-37-39)57-55(58-54)43-28-26-41(27-29-43)52-35-47-15-9-10-18-49(47)50-19-7-6-8-20-51(50)52/h3,5-18,20-31,33-37H,1,4,19,32H2,2H3/b14-5-. The SMILES string of the molecule is C=C/C=C\c1cc(-c2cccc(-c3cc(-c4ccc(Cc5cccnc5)cc4)nc(-c4ccc(-c5cc6ccccc6c6c5C=CC=CC6)cc4)n3)c2)ccc1CC. The molecule has 8 aromatic rings. The van der Waals surface area contributed by atoms with E-state index in [0.29, 0.717) is 5.82 Å². The maximum Gasteiger partial charge on any atom is 0.160 e. The molecule has 2 heterocycles. The first-order valence-electron chi connectivity index (χ1n) is 20.0. The molecule has 278 valence electrons. The Morgan fingerprint density at radius 2 is 1.40 bits per heavy atom. The number of fused-ring (bicyclic) bond motifs is 3. The number of aryl methyl sites for hydroxylation is 1. The molecular formula is C55H43N3. The van der Waals surface area contributed by atoms with Gasteiger partial charge < -0.3 is 0 Å². The van der Waals surface area contributed by atoms with Crippen molar-refractivity contribution >= 4 is 22.9 Å². The summed E-state index contributed by atoms with van der Waals surface area (Å²) in [6.45, 7) is 6.07. The van der Waals surface area contributed by atoms with Gasteiger partial charge in [-0.05, 0) is 116 Å². The number of hydrogen-bond acceptors (Lipinski definition) is 3. The maximum absolute atomic E-state index is 5.26. The van der Waals surface area contributed by atoms with Crippen LogP contribution < -0.4 is 0 Å². The van der Waals surface area contributed by atoms with Crippen molar-refractivity contribution in [2.24, 2.45) is 0 Å². The molecule has 0 saturated heterocycles. The Hall–Kier alpha value is -7.23. The highest BCUT2D eigenvalue weighted by Crippen LogP contribution is 2.37. The number of hydrogen-bond donors (Lipinski definition) is 0. The molecule has 0 radical (unpaired) electrons. The lowest BCUT2D eigenvalue weighted by Gasteiger charge is -2.15. The summed E-state index contributed by atoms with van der Waals surface area (Å²) in [7, 11) is 0. The summed E-state index contributed by atoms with van der Waals surface area (Å²) < 4.78 is 0. The zero-order valence-electron chi connectivity index (χ0n) is 32.6. The van der Waals surface area contributed by atoms with Gasteiger partial charge >= 0.3 is 0 Å². The van der Waals surface area contributed by atoms with Gasteiger partial charge in [-0.3, -0.25) is 4.98 Å². The Morgan fingerprint density at radius 3 is 2.21 bits per heavy atom. The van der Waals surface area contributed by atoms with Crippen LogP contribution in [-0.2, 0) is 19.3 Å². The van der Waals surface area contributed by atoms with Crippen LogP contribution in [0.15, 0.2) is 189 Å². The first-order chi connectivity index (χ1) is 28.6. The van der Waals surface area contributed by atoms with Crippen molar-refractivity contribution < 1.29 is 0 Å². The smallest absolute Gasteiger partial charge is 0.160 e. The molecule has 0 N–H and O–H groups in total. The summed E-state index contributed by atoms with van der Waals surface area (Å²) in [5.74, 6) is 0.689. The second kappa shape index (κ2) is 16.5. The Balaban J connectivity index is 1.12. The third-order valence-corrected chi connectivity index (χ3v) is 11.0. The molecule has 6 aromatic carbocycles. The van der Waals surface area contributed by atoms with Gasteiger partial charge in [0.25, 0.3) is 0 Å². The second-order valence-corrected chi connectivity index (χ2v) is 14.7. The molecule has 0 atom stereocenters. The lowest BCUT2D eigenvalue weighted by molar-refractivity contribution is 1.13. The van der Waals surface area contributed by atoms with Crippen molar-refractivity contribution in [2.45, 2.75) is 26.2 Å². The van der Waals surface area contributed by atoms with Gasteiger partial charge in [0.1, 0.15) is 0 Å². The maximum atomic E-state index is 5.26. The van der Waals surface area contributed by atoms with Crippen molar-refractivity contribution in [1.29, 1.82) is 0 Å². The minimum atomic E-state index is 0.689. The van der Waals surface area contributed by atoms with E-state index in [0.717, 1.165) is 58.5 Å². The van der Waals surface area contributed by atoms with Gasteiger partial charge in [-0.25, -0.2) is 9.97 Å². The molecule has 0 saturated carbocycles. The molecule has 0 aliphatic heterocycles. The minimum Gasteiger partial charge on any atom is -0.264 e. The third-order valence-electron chi connectivity index (χ3n) is 11.0. The zero-order valence-corrected chi connectivity index (χ0v) is 32.6. The van der Waals surface area contributed by atoms with Gasteiger partial charge in [-0.15, -0.1) is 0 Å². The largest absolute Gasteiger partial charge is 0.264 e.